The lowest BCUT2D eigenvalue weighted by atomic mass is 10.1. The molecule has 2 aromatic carbocycles. The molecule has 19 heavy (non-hydrogen) atoms. The van der Waals surface area contributed by atoms with Crippen molar-refractivity contribution in [3.63, 3.8) is 0 Å². The first-order chi connectivity index (χ1) is 9.20. The third kappa shape index (κ3) is 3.22. The number of ketones is 1. The molecule has 96 valence electrons. The largest absolute Gasteiger partial charge is 0.508 e. The smallest absolute Gasteiger partial charge is 0.185 e. The second-order valence-corrected chi connectivity index (χ2v) is 3.99. The number of hydrogen-bond donors (Lipinski definition) is 1. The van der Waals surface area contributed by atoms with E-state index in [-0.39, 0.29) is 11.5 Å². The lowest BCUT2D eigenvalue weighted by Crippen LogP contribution is -1.93. The van der Waals surface area contributed by atoms with Crippen molar-refractivity contribution in [2.45, 2.75) is 0 Å². The first kappa shape index (κ1) is 12.9. The Bertz CT molecular complexity index is 601. The van der Waals surface area contributed by atoms with Gasteiger partial charge < -0.3 is 9.84 Å². The van der Waals surface area contributed by atoms with Gasteiger partial charge >= 0.3 is 0 Å². The number of carbonyl (C=O) groups excluding carboxylic acids is 1. The standard InChI is InChI=1S/C16H14O3/c1-19-16-11-14(17)9-7-13(16)8-10-15(18)12-5-3-2-4-6-12/h2-11,17H,1H3. The van der Waals surface area contributed by atoms with E-state index < -0.39 is 0 Å². The van der Waals surface area contributed by atoms with E-state index >= 15 is 0 Å². The van der Waals surface area contributed by atoms with Crippen molar-refractivity contribution in [2.24, 2.45) is 0 Å². The predicted octanol–water partition coefficient (Wildman–Crippen LogP) is 3.30. The van der Waals surface area contributed by atoms with Gasteiger partial charge in [-0.2, -0.15) is 0 Å². The van der Waals surface area contributed by atoms with Crippen molar-refractivity contribution >= 4 is 11.9 Å². The Balaban J connectivity index is 2.21. The number of carbonyl (C=O) groups is 1. The Morgan fingerprint density at radius 3 is 2.58 bits per heavy atom. The summed E-state index contributed by atoms with van der Waals surface area (Å²) >= 11 is 0. The van der Waals surface area contributed by atoms with Gasteiger partial charge in [0.05, 0.1) is 7.11 Å². The molecule has 0 aliphatic carbocycles. The molecule has 0 fully saturated rings. The first-order valence-corrected chi connectivity index (χ1v) is 5.85. The number of rotatable bonds is 4. The van der Waals surface area contributed by atoms with Crippen LogP contribution < -0.4 is 4.74 Å². The summed E-state index contributed by atoms with van der Waals surface area (Å²) in [5, 5.41) is 9.35. The summed E-state index contributed by atoms with van der Waals surface area (Å²) in [6.45, 7) is 0. The van der Waals surface area contributed by atoms with Crippen LogP contribution in [0, 0.1) is 0 Å². The summed E-state index contributed by atoms with van der Waals surface area (Å²) in [5.41, 5.74) is 1.38. The molecular weight excluding hydrogens is 240 g/mol. The molecule has 0 bridgehead atoms. The van der Waals surface area contributed by atoms with E-state index in [4.69, 9.17) is 4.74 Å². The van der Waals surface area contributed by atoms with Crippen LogP contribution in [0.5, 0.6) is 11.5 Å². The zero-order chi connectivity index (χ0) is 13.7. The molecule has 1 N–H and O–H groups in total. The lowest BCUT2D eigenvalue weighted by molar-refractivity contribution is 0.104. The van der Waals surface area contributed by atoms with E-state index in [1.807, 2.05) is 18.2 Å². The number of ether oxygens (including phenoxy) is 1. The molecule has 0 radical (unpaired) electrons. The van der Waals surface area contributed by atoms with E-state index in [0.717, 1.165) is 5.56 Å². The highest BCUT2D eigenvalue weighted by molar-refractivity contribution is 6.06. The van der Waals surface area contributed by atoms with Gasteiger partial charge in [-0.05, 0) is 24.3 Å². The quantitative estimate of drug-likeness (QED) is 0.672. The molecule has 0 saturated heterocycles. The average Bonchev–Trinajstić information content (AvgIpc) is 2.46. The molecule has 0 aliphatic heterocycles. The predicted molar refractivity (Wildman–Crippen MR) is 74.5 cm³/mol. The molecule has 3 heteroatoms. The van der Waals surface area contributed by atoms with Gasteiger partial charge in [0.2, 0.25) is 0 Å². The molecule has 0 spiro atoms. The molecule has 0 amide bonds. The van der Waals surface area contributed by atoms with E-state index in [0.29, 0.717) is 11.3 Å². The molecule has 0 aromatic heterocycles. The number of methoxy groups -OCH3 is 1. The second-order valence-electron chi connectivity index (χ2n) is 3.99. The van der Waals surface area contributed by atoms with Gasteiger partial charge in [-0.3, -0.25) is 4.79 Å². The van der Waals surface area contributed by atoms with Crippen molar-refractivity contribution in [1.82, 2.24) is 0 Å². The van der Waals surface area contributed by atoms with Gasteiger partial charge in [0, 0.05) is 17.2 Å². The summed E-state index contributed by atoms with van der Waals surface area (Å²) in [5.74, 6) is 0.580. The maximum absolute atomic E-state index is 11.9. The highest BCUT2D eigenvalue weighted by atomic mass is 16.5. The fourth-order valence-corrected chi connectivity index (χ4v) is 1.70. The summed E-state index contributed by atoms with van der Waals surface area (Å²) in [6.07, 6.45) is 3.16. The number of hydrogen-bond acceptors (Lipinski definition) is 3. The van der Waals surface area contributed by atoms with E-state index in [1.165, 1.54) is 19.3 Å². The van der Waals surface area contributed by atoms with Crippen LogP contribution in [0.25, 0.3) is 6.08 Å². The summed E-state index contributed by atoms with van der Waals surface area (Å²) in [4.78, 5) is 11.9. The SMILES string of the molecule is COc1cc(O)ccc1C=CC(=O)c1ccccc1. The maximum atomic E-state index is 11.9. The van der Waals surface area contributed by atoms with Crippen LogP contribution in [0.3, 0.4) is 0 Å². The summed E-state index contributed by atoms with van der Waals surface area (Å²) in [6, 6.07) is 13.8. The second kappa shape index (κ2) is 5.87. The molecule has 0 saturated carbocycles. The Labute approximate surface area is 111 Å². The first-order valence-electron chi connectivity index (χ1n) is 5.85. The summed E-state index contributed by atoms with van der Waals surface area (Å²) < 4.78 is 5.14. The lowest BCUT2D eigenvalue weighted by Gasteiger charge is -2.04. The average molecular weight is 254 g/mol. The number of phenols is 1. The van der Waals surface area contributed by atoms with Crippen molar-refractivity contribution in [3.05, 3.63) is 65.7 Å². The fourth-order valence-electron chi connectivity index (χ4n) is 1.70. The maximum Gasteiger partial charge on any atom is 0.185 e. The minimum absolute atomic E-state index is 0.0734. The Morgan fingerprint density at radius 1 is 1.16 bits per heavy atom. The Hall–Kier alpha value is -2.55. The monoisotopic (exact) mass is 254 g/mol. The molecule has 3 nitrogen and oxygen atoms in total. The van der Waals surface area contributed by atoms with Crippen LogP contribution in [0.15, 0.2) is 54.6 Å². The zero-order valence-electron chi connectivity index (χ0n) is 10.5. The van der Waals surface area contributed by atoms with Gasteiger partial charge in [0.1, 0.15) is 11.5 Å². The van der Waals surface area contributed by atoms with Gasteiger partial charge in [0.25, 0.3) is 0 Å². The van der Waals surface area contributed by atoms with Gasteiger partial charge in [-0.1, -0.05) is 30.3 Å². The van der Waals surface area contributed by atoms with Crippen molar-refractivity contribution in [1.29, 1.82) is 0 Å². The third-order valence-corrected chi connectivity index (χ3v) is 2.69. The third-order valence-electron chi connectivity index (χ3n) is 2.69. The van der Waals surface area contributed by atoms with Crippen molar-refractivity contribution < 1.29 is 14.6 Å². The van der Waals surface area contributed by atoms with Crippen molar-refractivity contribution in [3.8, 4) is 11.5 Å². The normalized spacial score (nSPS) is 10.6. The minimum Gasteiger partial charge on any atom is -0.508 e. The molecule has 0 aliphatic rings. The number of benzene rings is 2. The molecule has 0 unspecified atom stereocenters. The van der Waals surface area contributed by atoms with Gasteiger partial charge in [-0.25, -0.2) is 0 Å². The van der Waals surface area contributed by atoms with E-state index in [9.17, 15) is 9.90 Å². The highest BCUT2D eigenvalue weighted by Gasteiger charge is 2.03. The van der Waals surface area contributed by atoms with Crippen LogP contribution in [0.2, 0.25) is 0 Å². The van der Waals surface area contributed by atoms with Crippen LogP contribution >= 0.6 is 0 Å². The number of phenolic OH excluding ortho intramolecular Hbond substituents is 1. The molecule has 2 aromatic rings. The highest BCUT2D eigenvalue weighted by Crippen LogP contribution is 2.24. The van der Waals surface area contributed by atoms with Gasteiger partial charge in [0.15, 0.2) is 5.78 Å². The molecule has 0 heterocycles. The molecular formula is C16H14O3. The zero-order valence-corrected chi connectivity index (χ0v) is 10.5. The molecule has 2 rings (SSSR count). The minimum atomic E-state index is -0.0734. The molecule has 0 atom stereocenters. The van der Waals surface area contributed by atoms with Crippen LogP contribution in [0.1, 0.15) is 15.9 Å². The Kier molecular flexibility index (Phi) is 3.98. The number of aromatic hydroxyl groups is 1. The van der Waals surface area contributed by atoms with E-state index in [2.05, 4.69) is 0 Å². The van der Waals surface area contributed by atoms with Crippen LogP contribution in [0.4, 0.5) is 0 Å². The fraction of sp³-hybridized carbons (Fsp3) is 0.0625. The van der Waals surface area contributed by atoms with Crippen LogP contribution in [-0.2, 0) is 0 Å². The van der Waals surface area contributed by atoms with Gasteiger partial charge in [-0.15, -0.1) is 0 Å². The number of allylic oxidation sites excluding steroid dienone is 1. The summed E-state index contributed by atoms with van der Waals surface area (Å²) in [7, 11) is 1.52. The van der Waals surface area contributed by atoms with E-state index in [1.54, 1.807) is 30.3 Å². The Morgan fingerprint density at radius 2 is 1.89 bits per heavy atom. The van der Waals surface area contributed by atoms with Crippen LogP contribution in [-0.4, -0.2) is 18.0 Å². The van der Waals surface area contributed by atoms with Crippen molar-refractivity contribution in [2.75, 3.05) is 7.11 Å². The topological polar surface area (TPSA) is 46.5 Å².